The number of anilines is 1. The average Bonchev–Trinajstić information content (AvgIpc) is 2.29. The van der Waals surface area contributed by atoms with Crippen molar-refractivity contribution in [1.29, 1.82) is 0 Å². The number of rotatable bonds is 3. The van der Waals surface area contributed by atoms with Crippen molar-refractivity contribution in [1.82, 2.24) is 5.32 Å². The van der Waals surface area contributed by atoms with Gasteiger partial charge in [0.15, 0.2) is 0 Å². The second-order valence-corrected chi connectivity index (χ2v) is 5.06. The first kappa shape index (κ1) is 12.4. The van der Waals surface area contributed by atoms with Crippen LogP contribution in [0.4, 0.5) is 10.1 Å². The van der Waals surface area contributed by atoms with Crippen molar-refractivity contribution in [2.45, 2.75) is 38.8 Å². The molecule has 1 saturated heterocycles. The Labute approximate surface area is 103 Å². The van der Waals surface area contributed by atoms with Crippen LogP contribution in [0.3, 0.4) is 0 Å². The van der Waals surface area contributed by atoms with E-state index in [9.17, 15) is 4.39 Å². The molecule has 0 bridgehead atoms. The minimum absolute atomic E-state index is 0.113. The van der Waals surface area contributed by atoms with E-state index in [0.717, 1.165) is 25.2 Å². The first-order valence-electron chi connectivity index (χ1n) is 6.42. The topological polar surface area (TPSA) is 15.3 Å². The summed E-state index contributed by atoms with van der Waals surface area (Å²) in [5.41, 5.74) is 0.739. The molecule has 2 nitrogen and oxygen atoms in total. The van der Waals surface area contributed by atoms with Gasteiger partial charge in [-0.2, -0.15) is 0 Å². The van der Waals surface area contributed by atoms with Gasteiger partial charge in [0.2, 0.25) is 0 Å². The first-order valence-corrected chi connectivity index (χ1v) is 6.42. The molecule has 1 aromatic rings. The molecule has 94 valence electrons. The fourth-order valence-electron chi connectivity index (χ4n) is 2.51. The lowest BCUT2D eigenvalue weighted by molar-refractivity contribution is 0.392. The van der Waals surface area contributed by atoms with E-state index in [0.29, 0.717) is 12.1 Å². The van der Waals surface area contributed by atoms with E-state index in [-0.39, 0.29) is 5.82 Å². The smallest absolute Gasteiger partial charge is 0.146 e. The van der Waals surface area contributed by atoms with Crippen molar-refractivity contribution >= 4 is 5.69 Å². The lowest BCUT2D eigenvalue weighted by Crippen LogP contribution is -2.48. The molecule has 0 aliphatic carbocycles. The summed E-state index contributed by atoms with van der Waals surface area (Å²) in [5, 5.41) is 3.54. The van der Waals surface area contributed by atoms with E-state index in [1.807, 2.05) is 12.1 Å². The molecule has 0 amide bonds. The average molecular weight is 236 g/mol. The van der Waals surface area contributed by atoms with Gasteiger partial charge in [-0.3, -0.25) is 0 Å². The first-order chi connectivity index (χ1) is 8.16. The van der Waals surface area contributed by atoms with E-state index < -0.39 is 0 Å². The Bertz CT molecular complexity index is 365. The fraction of sp³-hybridized carbons (Fsp3) is 0.571. The Kier molecular flexibility index (Phi) is 4.00. The molecule has 17 heavy (non-hydrogen) atoms. The second kappa shape index (κ2) is 5.50. The fourth-order valence-corrected chi connectivity index (χ4v) is 2.51. The molecular formula is C14H21FN2. The van der Waals surface area contributed by atoms with Gasteiger partial charge in [0, 0.05) is 25.2 Å². The predicted octanol–water partition coefficient (Wildman–Crippen LogP) is 2.79. The van der Waals surface area contributed by atoms with E-state index in [1.54, 1.807) is 6.07 Å². The van der Waals surface area contributed by atoms with Crippen LogP contribution in [0.25, 0.3) is 0 Å². The van der Waals surface area contributed by atoms with E-state index in [2.05, 4.69) is 24.1 Å². The van der Waals surface area contributed by atoms with Crippen LogP contribution in [0.5, 0.6) is 0 Å². The van der Waals surface area contributed by atoms with Gasteiger partial charge in [-0.1, -0.05) is 26.0 Å². The molecule has 1 N–H and O–H groups in total. The van der Waals surface area contributed by atoms with Crippen molar-refractivity contribution in [3.63, 3.8) is 0 Å². The van der Waals surface area contributed by atoms with Crippen LogP contribution in [0.15, 0.2) is 24.3 Å². The van der Waals surface area contributed by atoms with Gasteiger partial charge in [-0.15, -0.1) is 0 Å². The van der Waals surface area contributed by atoms with Crippen molar-refractivity contribution in [3.8, 4) is 0 Å². The van der Waals surface area contributed by atoms with Gasteiger partial charge in [0.25, 0.3) is 0 Å². The normalized spacial score (nSPS) is 20.9. The summed E-state index contributed by atoms with van der Waals surface area (Å²) in [7, 11) is 0. The Morgan fingerprint density at radius 3 is 2.82 bits per heavy atom. The van der Waals surface area contributed by atoms with Gasteiger partial charge in [0.05, 0.1) is 5.69 Å². The van der Waals surface area contributed by atoms with Crippen LogP contribution in [0, 0.1) is 5.82 Å². The molecule has 1 atom stereocenters. The highest BCUT2D eigenvalue weighted by molar-refractivity contribution is 5.48. The lowest BCUT2D eigenvalue weighted by atomic mass is 10.0. The molecule has 1 heterocycles. The van der Waals surface area contributed by atoms with Gasteiger partial charge in [-0.25, -0.2) is 4.39 Å². The lowest BCUT2D eigenvalue weighted by Gasteiger charge is -2.35. The SMILES string of the molecule is CC(C)NC1CCCN(c2ccccc2F)C1. The predicted molar refractivity (Wildman–Crippen MR) is 69.9 cm³/mol. The largest absolute Gasteiger partial charge is 0.368 e. The molecule has 1 fully saturated rings. The number of benzene rings is 1. The number of piperidine rings is 1. The summed E-state index contributed by atoms with van der Waals surface area (Å²) < 4.78 is 13.7. The maximum absolute atomic E-state index is 13.7. The molecule has 3 heteroatoms. The molecule has 0 radical (unpaired) electrons. The van der Waals surface area contributed by atoms with Crippen LogP contribution in [-0.4, -0.2) is 25.2 Å². The maximum atomic E-state index is 13.7. The van der Waals surface area contributed by atoms with E-state index >= 15 is 0 Å². The second-order valence-electron chi connectivity index (χ2n) is 5.06. The highest BCUT2D eigenvalue weighted by Gasteiger charge is 2.21. The minimum Gasteiger partial charge on any atom is -0.368 e. The van der Waals surface area contributed by atoms with Crippen molar-refractivity contribution in [2.75, 3.05) is 18.0 Å². The minimum atomic E-state index is -0.113. The van der Waals surface area contributed by atoms with E-state index in [1.165, 1.54) is 12.5 Å². The van der Waals surface area contributed by atoms with Crippen LogP contribution in [-0.2, 0) is 0 Å². The zero-order chi connectivity index (χ0) is 12.3. The van der Waals surface area contributed by atoms with Crippen LogP contribution in [0.1, 0.15) is 26.7 Å². The Hall–Kier alpha value is -1.09. The molecule has 0 aromatic heterocycles. The van der Waals surface area contributed by atoms with Gasteiger partial charge in [0.1, 0.15) is 5.82 Å². The van der Waals surface area contributed by atoms with Crippen molar-refractivity contribution < 1.29 is 4.39 Å². The molecule has 2 rings (SSSR count). The third-order valence-electron chi connectivity index (χ3n) is 3.18. The zero-order valence-corrected chi connectivity index (χ0v) is 10.6. The molecule has 1 aliphatic rings. The quantitative estimate of drug-likeness (QED) is 0.868. The van der Waals surface area contributed by atoms with Crippen LogP contribution < -0.4 is 10.2 Å². The molecule has 1 aliphatic heterocycles. The molecule has 1 unspecified atom stereocenters. The van der Waals surface area contributed by atoms with Gasteiger partial charge < -0.3 is 10.2 Å². The molecule has 1 aromatic carbocycles. The third-order valence-corrected chi connectivity index (χ3v) is 3.18. The van der Waals surface area contributed by atoms with Crippen LogP contribution >= 0.6 is 0 Å². The summed E-state index contributed by atoms with van der Waals surface area (Å²) in [6, 6.07) is 8.01. The zero-order valence-electron chi connectivity index (χ0n) is 10.6. The van der Waals surface area contributed by atoms with E-state index in [4.69, 9.17) is 0 Å². The number of hydrogen-bond acceptors (Lipinski definition) is 2. The summed E-state index contributed by atoms with van der Waals surface area (Å²) in [4.78, 5) is 2.15. The number of hydrogen-bond donors (Lipinski definition) is 1. The number of nitrogens with zero attached hydrogens (tertiary/aromatic N) is 1. The summed E-state index contributed by atoms with van der Waals surface area (Å²) in [6.07, 6.45) is 2.31. The van der Waals surface area contributed by atoms with Gasteiger partial charge >= 0.3 is 0 Å². The monoisotopic (exact) mass is 236 g/mol. The molecule has 0 spiro atoms. The third kappa shape index (κ3) is 3.19. The highest BCUT2D eigenvalue weighted by atomic mass is 19.1. The number of nitrogens with one attached hydrogen (secondary N) is 1. The maximum Gasteiger partial charge on any atom is 0.146 e. The Morgan fingerprint density at radius 1 is 1.35 bits per heavy atom. The van der Waals surface area contributed by atoms with Gasteiger partial charge in [-0.05, 0) is 25.0 Å². The molecular weight excluding hydrogens is 215 g/mol. The summed E-state index contributed by atoms with van der Waals surface area (Å²) >= 11 is 0. The Morgan fingerprint density at radius 2 is 2.12 bits per heavy atom. The standard InChI is InChI=1S/C14H21FN2/c1-11(2)16-12-6-5-9-17(10-12)14-8-4-3-7-13(14)15/h3-4,7-8,11-12,16H,5-6,9-10H2,1-2H3. The summed E-state index contributed by atoms with van der Waals surface area (Å²) in [5.74, 6) is -0.113. The van der Waals surface area contributed by atoms with Crippen LogP contribution in [0.2, 0.25) is 0 Å². The highest BCUT2D eigenvalue weighted by Crippen LogP contribution is 2.22. The summed E-state index contributed by atoms with van der Waals surface area (Å²) in [6.45, 7) is 6.17. The van der Waals surface area contributed by atoms with Crippen molar-refractivity contribution in [3.05, 3.63) is 30.1 Å². The van der Waals surface area contributed by atoms with Crippen molar-refractivity contribution in [2.24, 2.45) is 0 Å². The number of para-hydroxylation sites is 1. The Balaban J connectivity index is 2.04. The number of halogens is 1. The molecule has 0 saturated carbocycles.